The number of fused-ring (bicyclic) bond motifs is 5. The number of nitrogens with zero attached hydrogens (tertiary/aromatic N) is 3. The van der Waals surface area contributed by atoms with Gasteiger partial charge in [0.05, 0.1) is 33.9 Å². The van der Waals surface area contributed by atoms with E-state index in [1.54, 1.807) is 43.5 Å². The molecule has 5 aromatic rings. The van der Waals surface area contributed by atoms with E-state index < -0.39 is 39.5 Å². The van der Waals surface area contributed by atoms with E-state index in [0.29, 0.717) is 17.9 Å². The molecule has 0 fully saturated rings. The second-order valence-corrected chi connectivity index (χ2v) is 15.2. The molecule has 3 aromatic carbocycles. The van der Waals surface area contributed by atoms with Crippen LogP contribution in [0.25, 0.3) is 22.3 Å². The lowest BCUT2D eigenvalue weighted by Gasteiger charge is -2.36. The van der Waals surface area contributed by atoms with Gasteiger partial charge in [0, 0.05) is 22.9 Å². The van der Waals surface area contributed by atoms with Crippen molar-refractivity contribution in [1.82, 2.24) is 14.3 Å². The quantitative estimate of drug-likeness (QED) is 0.116. The fourth-order valence-corrected chi connectivity index (χ4v) is 7.83. The Morgan fingerprint density at radius 1 is 1.02 bits per heavy atom. The second-order valence-electron chi connectivity index (χ2n) is 13.5. The molecular formula is C40H38N4O7S. The Morgan fingerprint density at radius 2 is 1.73 bits per heavy atom. The molecule has 0 amide bonds. The van der Waals surface area contributed by atoms with Crippen LogP contribution in [0.5, 0.6) is 0 Å². The minimum Gasteiger partial charge on any atom is -0.457 e. The van der Waals surface area contributed by atoms with E-state index in [1.807, 2.05) is 67.6 Å². The Hall–Kier alpha value is -5.62. The maximum absolute atomic E-state index is 14.3. The Balaban J connectivity index is 1.28. The van der Waals surface area contributed by atoms with Gasteiger partial charge in [-0.2, -0.15) is 0 Å². The number of para-hydroxylation sites is 1. The standard InChI is InChI=1S/C40H38N4O7S/c1-5-40(31-21-33-36-28(20-27-13-9-10-14-32(27)41-36)22-44(33)37(45)30(31)23-50-39(40)47)51-38(46)35(24(2)3)42-34(19-26-11-7-6-8-12-26)43-52(48,49)29-17-15-25(4)16-18-29/h6-18,20-21,24,35H,5,19,22-23H2,1-4H3,(H,42,43)/t35?,40-/m0/s1. The van der Waals surface area contributed by atoms with Crippen molar-refractivity contribution in [2.75, 3.05) is 0 Å². The molecule has 2 aliphatic rings. The summed E-state index contributed by atoms with van der Waals surface area (Å²) in [5.41, 5.74) is 2.56. The predicted molar refractivity (Wildman–Crippen MR) is 196 cm³/mol. The Morgan fingerprint density at radius 3 is 2.44 bits per heavy atom. The summed E-state index contributed by atoms with van der Waals surface area (Å²) >= 11 is 0. The monoisotopic (exact) mass is 718 g/mol. The number of ether oxygens (including phenoxy) is 2. The number of aryl methyl sites for hydroxylation is 1. The number of rotatable bonds is 9. The van der Waals surface area contributed by atoms with Crippen molar-refractivity contribution in [3.05, 3.63) is 129 Å². The number of sulfonamides is 1. The van der Waals surface area contributed by atoms with Gasteiger partial charge in [-0.05, 0) is 55.2 Å². The van der Waals surface area contributed by atoms with Crippen LogP contribution in [0.4, 0.5) is 0 Å². The molecule has 2 aliphatic heterocycles. The van der Waals surface area contributed by atoms with Crippen LogP contribution in [0.15, 0.2) is 106 Å². The summed E-state index contributed by atoms with van der Waals surface area (Å²) in [6.07, 6.45) is 0.0349. The summed E-state index contributed by atoms with van der Waals surface area (Å²) in [7, 11) is -4.08. The minimum absolute atomic E-state index is 0.0190. The highest BCUT2D eigenvalue weighted by atomic mass is 32.2. The number of carbonyl (C=O) groups is 2. The largest absolute Gasteiger partial charge is 0.457 e. The van der Waals surface area contributed by atoms with E-state index in [-0.39, 0.29) is 46.9 Å². The third-order valence-corrected chi connectivity index (χ3v) is 11.0. The second kappa shape index (κ2) is 13.5. The molecule has 52 heavy (non-hydrogen) atoms. The van der Waals surface area contributed by atoms with E-state index in [0.717, 1.165) is 27.6 Å². The molecule has 7 rings (SSSR count). The molecule has 2 atom stereocenters. The molecule has 0 spiro atoms. The molecule has 2 aromatic heterocycles. The van der Waals surface area contributed by atoms with Gasteiger partial charge >= 0.3 is 11.9 Å². The number of hydrogen-bond donors (Lipinski definition) is 1. The van der Waals surface area contributed by atoms with Crippen molar-refractivity contribution in [3.63, 3.8) is 0 Å². The smallest absolute Gasteiger partial charge is 0.355 e. The Kier molecular flexibility index (Phi) is 9.04. The summed E-state index contributed by atoms with van der Waals surface area (Å²) in [5.74, 6) is -2.14. The fraction of sp³-hybridized carbons (Fsp3) is 0.275. The average molecular weight is 719 g/mol. The van der Waals surface area contributed by atoms with Gasteiger partial charge in [-0.15, -0.1) is 0 Å². The number of hydrogen-bond acceptors (Lipinski definition) is 9. The topological polar surface area (TPSA) is 146 Å². The maximum Gasteiger partial charge on any atom is 0.355 e. The van der Waals surface area contributed by atoms with Gasteiger partial charge in [-0.25, -0.2) is 23.0 Å². The van der Waals surface area contributed by atoms with Gasteiger partial charge in [0.1, 0.15) is 12.4 Å². The highest BCUT2D eigenvalue weighted by molar-refractivity contribution is 7.90. The summed E-state index contributed by atoms with van der Waals surface area (Å²) in [6, 6.07) is 25.7. The van der Waals surface area contributed by atoms with Crippen LogP contribution in [0.2, 0.25) is 0 Å². The van der Waals surface area contributed by atoms with Crippen LogP contribution in [-0.2, 0) is 54.3 Å². The molecule has 1 unspecified atom stereocenters. The van der Waals surface area contributed by atoms with Crippen LogP contribution in [0, 0.1) is 12.8 Å². The van der Waals surface area contributed by atoms with Gasteiger partial charge in [-0.1, -0.05) is 87.0 Å². The van der Waals surface area contributed by atoms with Crippen LogP contribution in [0.1, 0.15) is 55.0 Å². The van der Waals surface area contributed by atoms with Gasteiger partial charge in [0.2, 0.25) is 5.60 Å². The number of pyridine rings is 2. The number of amidine groups is 1. The molecule has 1 N–H and O–H groups in total. The third-order valence-electron chi connectivity index (χ3n) is 9.63. The molecule has 0 saturated heterocycles. The van der Waals surface area contributed by atoms with Crippen LogP contribution in [-0.4, -0.2) is 41.8 Å². The van der Waals surface area contributed by atoms with Gasteiger partial charge in [-0.3, -0.25) is 14.5 Å². The van der Waals surface area contributed by atoms with Crippen molar-refractivity contribution < 1.29 is 27.5 Å². The lowest BCUT2D eigenvalue weighted by Crippen LogP contribution is -2.49. The minimum atomic E-state index is -4.08. The van der Waals surface area contributed by atoms with Crippen molar-refractivity contribution >= 4 is 38.7 Å². The van der Waals surface area contributed by atoms with Crippen molar-refractivity contribution in [1.29, 1.82) is 0 Å². The number of benzene rings is 3. The molecule has 0 bridgehead atoms. The third kappa shape index (κ3) is 6.27. The summed E-state index contributed by atoms with van der Waals surface area (Å²) in [5, 5.41) is 0.940. The molecule has 11 nitrogen and oxygen atoms in total. The molecule has 0 saturated carbocycles. The van der Waals surface area contributed by atoms with E-state index in [2.05, 4.69) is 9.71 Å². The molecular weight excluding hydrogens is 681 g/mol. The zero-order chi connectivity index (χ0) is 36.8. The normalized spacial score (nSPS) is 17.2. The fourth-order valence-electron chi connectivity index (χ4n) is 6.79. The number of cyclic esters (lactones) is 1. The first-order valence-corrected chi connectivity index (χ1v) is 18.6. The van der Waals surface area contributed by atoms with E-state index in [9.17, 15) is 22.8 Å². The predicted octanol–water partition coefficient (Wildman–Crippen LogP) is 5.58. The Labute approximate surface area is 301 Å². The lowest BCUT2D eigenvalue weighted by molar-refractivity contribution is -0.190. The molecule has 12 heteroatoms. The van der Waals surface area contributed by atoms with Crippen LogP contribution in [0.3, 0.4) is 0 Å². The number of esters is 2. The van der Waals surface area contributed by atoms with Crippen molar-refractivity contribution in [2.45, 2.75) is 70.2 Å². The van der Waals surface area contributed by atoms with Gasteiger partial charge < -0.3 is 14.0 Å². The highest BCUT2D eigenvalue weighted by Gasteiger charge is 2.51. The van der Waals surface area contributed by atoms with Gasteiger partial charge in [0.25, 0.3) is 15.6 Å². The summed E-state index contributed by atoms with van der Waals surface area (Å²) < 4.78 is 43.0. The first kappa shape index (κ1) is 34.8. The number of aliphatic imine (C=N–C) groups is 1. The van der Waals surface area contributed by atoms with Gasteiger partial charge in [0.15, 0.2) is 6.04 Å². The number of aromatic nitrogens is 2. The number of carbonyl (C=O) groups excluding carboxylic acids is 2. The van der Waals surface area contributed by atoms with Crippen molar-refractivity contribution in [3.8, 4) is 11.4 Å². The molecule has 4 heterocycles. The summed E-state index contributed by atoms with van der Waals surface area (Å²) in [4.78, 5) is 51.6. The average Bonchev–Trinajstić information content (AvgIpc) is 3.48. The van der Waals surface area contributed by atoms with Crippen molar-refractivity contribution in [2.24, 2.45) is 10.9 Å². The zero-order valence-electron chi connectivity index (χ0n) is 29.3. The molecule has 0 radical (unpaired) electrons. The van der Waals surface area contributed by atoms with Crippen LogP contribution < -0.4 is 10.3 Å². The van der Waals surface area contributed by atoms with Crippen LogP contribution >= 0.6 is 0 Å². The number of nitrogens with one attached hydrogen (secondary N) is 1. The Bertz CT molecular complexity index is 2420. The molecule has 0 aliphatic carbocycles. The molecule has 266 valence electrons. The first-order valence-electron chi connectivity index (χ1n) is 17.2. The van der Waals surface area contributed by atoms with E-state index >= 15 is 0 Å². The van der Waals surface area contributed by atoms with E-state index in [4.69, 9.17) is 14.5 Å². The lowest BCUT2D eigenvalue weighted by atomic mass is 9.85. The SMILES string of the molecule is CC[C@@]1(OC(=O)C(N=C(Cc2ccccc2)NS(=O)(=O)c2ccc(C)cc2)C(C)C)C(=O)OCc2c1cc1n(c2=O)Cc2cc3ccccc3nc2-1. The highest BCUT2D eigenvalue weighted by Crippen LogP contribution is 2.41. The zero-order valence-corrected chi connectivity index (χ0v) is 30.1. The maximum atomic E-state index is 14.3. The van der Waals surface area contributed by atoms with E-state index in [1.165, 1.54) is 12.1 Å². The summed E-state index contributed by atoms with van der Waals surface area (Å²) in [6.45, 7) is 7.07. The first-order chi connectivity index (χ1) is 24.9.